The Morgan fingerprint density at radius 1 is 0.976 bits per heavy atom. The Labute approximate surface area is 246 Å². The van der Waals surface area contributed by atoms with Gasteiger partial charge in [0.1, 0.15) is 11.5 Å². The van der Waals surface area contributed by atoms with E-state index < -0.39 is 6.04 Å². The molecule has 2 saturated heterocycles. The number of likely N-dealkylation sites (N-methyl/N-ethyl adjacent to an activating group) is 1. The molecule has 2 aromatic rings. The molecule has 1 N–H and O–H groups in total. The lowest BCUT2D eigenvalue weighted by Gasteiger charge is -2.39. The quantitative estimate of drug-likeness (QED) is 0.587. The maximum absolute atomic E-state index is 13.2. The Balaban J connectivity index is 1.29. The molecule has 42 heavy (non-hydrogen) atoms. The second-order valence-corrected chi connectivity index (χ2v) is 11.2. The highest BCUT2D eigenvalue weighted by Crippen LogP contribution is 2.25. The van der Waals surface area contributed by atoms with Crippen molar-refractivity contribution in [2.45, 2.75) is 64.2 Å². The van der Waals surface area contributed by atoms with Crippen LogP contribution >= 0.6 is 0 Å². The maximum atomic E-state index is 13.2. The van der Waals surface area contributed by atoms with E-state index in [1.54, 1.807) is 4.90 Å². The molecule has 0 spiro atoms. The van der Waals surface area contributed by atoms with Crippen molar-refractivity contribution in [3.05, 3.63) is 59.7 Å². The van der Waals surface area contributed by atoms with E-state index in [1.165, 1.54) is 4.90 Å². The Morgan fingerprint density at radius 3 is 2.48 bits per heavy atom. The first-order valence-electron chi connectivity index (χ1n) is 15.0. The molecule has 5 rings (SSSR count). The molecule has 3 aliphatic rings. The predicted octanol–water partition coefficient (Wildman–Crippen LogP) is 2.89. The van der Waals surface area contributed by atoms with E-state index in [1.807, 2.05) is 60.4 Å². The number of benzene rings is 2. The third-order valence-corrected chi connectivity index (χ3v) is 8.16. The molecule has 10 nitrogen and oxygen atoms in total. The zero-order valence-electron chi connectivity index (χ0n) is 24.3. The molecule has 2 fully saturated rings. The predicted molar refractivity (Wildman–Crippen MR) is 156 cm³/mol. The number of hydrogen-bond donors (Lipinski definition) is 1. The Bertz CT molecular complexity index is 1300. The molecule has 3 heterocycles. The second kappa shape index (κ2) is 13.8. The SMILES string of the molecule is CCN1CC(=O)N[C@H]2CN(C(=O)CCCN3CCCC3=O)CC[C@@H]2OCc2cccc(c2)Oc2cccc(c2)CC1=O. The van der Waals surface area contributed by atoms with Crippen LogP contribution < -0.4 is 10.1 Å². The van der Waals surface area contributed by atoms with Crippen LogP contribution in [0.4, 0.5) is 0 Å². The summed E-state index contributed by atoms with van der Waals surface area (Å²) in [6.07, 6.45) is 2.86. The highest BCUT2D eigenvalue weighted by Gasteiger charge is 2.34. The zero-order chi connectivity index (χ0) is 29.5. The van der Waals surface area contributed by atoms with Crippen LogP contribution in [0.3, 0.4) is 0 Å². The van der Waals surface area contributed by atoms with Gasteiger partial charge >= 0.3 is 0 Å². The number of hydrogen-bond acceptors (Lipinski definition) is 6. The largest absolute Gasteiger partial charge is 0.457 e. The Hall–Kier alpha value is -3.92. The lowest BCUT2D eigenvalue weighted by molar-refractivity contribution is -0.139. The van der Waals surface area contributed by atoms with Gasteiger partial charge < -0.3 is 29.5 Å². The molecular formula is C32H40N4O6. The summed E-state index contributed by atoms with van der Waals surface area (Å²) in [6, 6.07) is 14.7. The number of amides is 4. The Morgan fingerprint density at radius 2 is 1.74 bits per heavy atom. The van der Waals surface area contributed by atoms with Gasteiger partial charge in [-0.1, -0.05) is 24.3 Å². The first-order valence-corrected chi connectivity index (χ1v) is 15.0. The minimum atomic E-state index is -0.422. The van der Waals surface area contributed by atoms with Crippen LogP contribution in [0.15, 0.2) is 48.5 Å². The molecule has 2 aromatic carbocycles. The molecule has 0 aliphatic carbocycles. The normalized spacial score (nSPS) is 21.8. The van der Waals surface area contributed by atoms with Crippen LogP contribution in [0.5, 0.6) is 11.5 Å². The molecule has 0 unspecified atom stereocenters. The highest BCUT2D eigenvalue weighted by molar-refractivity contribution is 5.86. The summed E-state index contributed by atoms with van der Waals surface area (Å²) in [6.45, 7) is 4.70. The average Bonchev–Trinajstić information content (AvgIpc) is 3.39. The molecule has 2 atom stereocenters. The van der Waals surface area contributed by atoms with Crippen LogP contribution in [0, 0.1) is 0 Å². The van der Waals surface area contributed by atoms with Gasteiger partial charge in [0.05, 0.1) is 31.7 Å². The number of carbonyl (C=O) groups is 4. The fourth-order valence-corrected chi connectivity index (χ4v) is 5.86. The van der Waals surface area contributed by atoms with Crippen molar-refractivity contribution in [2.75, 3.05) is 39.3 Å². The summed E-state index contributed by atoms with van der Waals surface area (Å²) in [5.74, 6) is 1.03. The molecule has 0 saturated carbocycles. The van der Waals surface area contributed by atoms with Gasteiger partial charge in [-0.05, 0) is 61.6 Å². The number of carbonyl (C=O) groups excluding carboxylic acids is 4. The van der Waals surface area contributed by atoms with Crippen LogP contribution in [-0.4, -0.2) is 89.7 Å². The van der Waals surface area contributed by atoms with E-state index >= 15 is 0 Å². The summed E-state index contributed by atoms with van der Waals surface area (Å²) in [5.41, 5.74) is 1.73. The minimum absolute atomic E-state index is 0.00898. The minimum Gasteiger partial charge on any atom is -0.457 e. The van der Waals surface area contributed by atoms with Crippen LogP contribution in [0.25, 0.3) is 0 Å². The van der Waals surface area contributed by atoms with Crippen molar-refractivity contribution >= 4 is 23.6 Å². The van der Waals surface area contributed by atoms with Gasteiger partial charge in [0.2, 0.25) is 23.6 Å². The number of likely N-dealkylation sites (tertiary alicyclic amines) is 2. The zero-order valence-corrected chi connectivity index (χ0v) is 24.3. The topological polar surface area (TPSA) is 108 Å². The summed E-state index contributed by atoms with van der Waals surface area (Å²) in [4.78, 5) is 56.5. The molecular weight excluding hydrogens is 536 g/mol. The average molecular weight is 577 g/mol. The van der Waals surface area contributed by atoms with Crippen molar-refractivity contribution in [1.82, 2.24) is 20.0 Å². The molecule has 4 bridgehead atoms. The first kappa shape index (κ1) is 29.6. The number of ether oxygens (including phenoxy) is 2. The number of nitrogens with zero attached hydrogens (tertiary/aromatic N) is 3. The number of nitrogens with one attached hydrogen (secondary N) is 1. The van der Waals surface area contributed by atoms with Crippen LogP contribution in [-0.2, 0) is 36.9 Å². The lowest BCUT2D eigenvalue weighted by atomic mass is 10.0. The fourth-order valence-electron chi connectivity index (χ4n) is 5.86. The van der Waals surface area contributed by atoms with Crippen molar-refractivity contribution < 1.29 is 28.7 Å². The summed E-state index contributed by atoms with van der Waals surface area (Å²) in [7, 11) is 0. The van der Waals surface area contributed by atoms with E-state index in [-0.39, 0.29) is 42.7 Å². The molecule has 4 amide bonds. The van der Waals surface area contributed by atoms with E-state index in [4.69, 9.17) is 9.47 Å². The third-order valence-electron chi connectivity index (χ3n) is 8.16. The van der Waals surface area contributed by atoms with Crippen molar-refractivity contribution in [3.63, 3.8) is 0 Å². The molecule has 3 aliphatic heterocycles. The smallest absolute Gasteiger partial charge is 0.239 e. The standard InChI is InChI=1S/C32H40N4O6/c1-2-34-21-29(37)33-27-20-36(31(39)12-6-15-35-14-5-11-30(35)38)16-13-28(27)41-22-24-8-4-10-26(18-24)42-25-9-3-7-23(17-25)19-32(34)40/h3-4,7-10,17-18,27-28H,2,5-6,11-16,19-22H2,1H3,(H,33,37)/t27-,28-/m0/s1. The highest BCUT2D eigenvalue weighted by atomic mass is 16.5. The van der Waals surface area contributed by atoms with Crippen molar-refractivity contribution in [3.8, 4) is 11.5 Å². The fraction of sp³-hybridized carbons (Fsp3) is 0.500. The van der Waals surface area contributed by atoms with Crippen molar-refractivity contribution in [1.29, 1.82) is 0 Å². The van der Waals surface area contributed by atoms with E-state index in [2.05, 4.69) is 5.32 Å². The number of rotatable bonds is 5. The van der Waals surface area contributed by atoms with Crippen LogP contribution in [0.1, 0.15) is 50.2 Å². The number of piperidine rings is 1. The maximum Gasteiger partial charge on any atom is 0.239 e. The van der Waals surface area contributed by atoms with Gasteiger partial charge in [0.25, 0.3) is 0 Å². The summed E-state index contributed by atoms with van der Waals surface area (Å²) in [5, 5.41) is 3.07. The van der Waals surface area contributed by atoms with Gasteiger partial charge in [0.15, 0.2) is 0 Å². The first-order chi connectivity index (χ1) is 20.4. The summed E-state index contributed by atoms with van der Waals surface area (Å²) < 4.78 is 12.4. The molecule has 10 heteroatoms. The van der Waals surface area contributed by atoms with Gasteiger partial charge in [-0.3, -0.25) is 19.2 Å². The second-order valence-electron chi connectivity index (χ2n) is 11.2. The summed E-state index contributed by atoms with van der Waals surface area (Å²) >= 11 is 0. The van der Waals surface area contributed by atoms with Gasteiger partial charge in [-0.25, -0.2) is 0 Å². The number of fused-ring (bicyclic) bond motifs is 5. The van der Waals surface area contributed by atoms with Crippen LogP contribution in [0.2, 0.25) is 0 Å². The molecule has 0 radical (unpaired) electrons. The lowest BCUT2D eigenvalue weighted by Crippen LogP contribution is -2.58. The molecule has 224 valence electrons. The monoisotopic (exact) mass is 576 g/mol. The third kappa shape index (κ3) is 7.67. The Kier molecular flexibility index (Phi) is 9.74. The van der Waals surface area contributed by atoms with Gasteiger partial charge in [0, 0.05) is 45.6 Å². The van der Waals surface area contributed by atoms with E-state index in [9.17, 15) is 19.2 Å². The van der Waals surface area contributed by atoms with Gasteiger partial charge in [-0.2, -0.15) is 0 Å². The van der Waals surface area contributed by atoms with Crippen molar-refractivity contribution in [2.24, 2.45) is 0 Å². The molecule has 0 aromatic heterocycles. The van der Waals surface area contributed by atoms with Gasteiger partial charge in [-0.15, -0.1) is 0 Å². The van der Waals surface area contributed by atoms with E-state index in [0.29, 0.717) is 70.0 Å². The van der Waals surface area contributed by atoms with E-state index in [0.717, 1.165) is 24.1 Å².